The zero-order chi connectivity index (χ0) is 24.9. The standard InChI is InChI=1S/C27H29N4O4.Li/c1-28-20-29-17-23-22(12-9-13-24(23)31-14-7-4-8-15-31)25(16-26(32)30-18-27(33)34-2)35-19-21-10-5-3-6-11-21;/h3,5-6,9-13,20H,1,4,7-8,14-15,18-19H2,2H3,(H,30,32);/q-3;+1. The number of rotatable bonds is 10. The molecule has 0 spiro atoms. The van der Waals surface area contributed by atoms with Crippen LogP contribution in [0.3, 0.4) is 0 Å². The Bertz CT molecular complexity index is 1080. The molecule has 1 amide bonds. The minimum Gasteiger partial charge on any atom is -0.526 e. The molecule has 1 N–H and O–H groups in total. The van der Waals surface area contributed by atoms with Gasteiger partial charge in [-0.3, -0.25) is 9.59 Å². The number of esters is 1. The average molecular weight is 480 g/mol. The fourth-order valence-corrected chi connectivity index (χ4v) is 3.66. The van der Waals surface area contributed by atoms with Crippen LogP contribution in [0.2, 0.25) is 0 Å². The summed E-state index contributed by atoms with van der Waals surface area (Å²) in [6.07, 6.45) is 10.5. The number of amides is 1. The van der Waals surface area contributed by atoms with Gasteiger partial charge in [0.15, 0.2) is 5.91 Å². The molecule has 0 aromatic heterocycles. The summed E-state index contributed by atoms with van der Waals surface area (Å²) in [6, 6.07) is 15.3. The first-order valence-electron chi connectivity index (χ1n) is 11.4. The van der Waals surface area contributed by atoms with Crippen molar-refractivity contribution in [2.24, 2.45) is 9.98 Å². The molecule has 0 saturated carbocycles. The third-order valence-corrected chi connectivity index (χ3v) is 5.37. The second-order valence-electron chi connectivity index (χ2n) is 7.77. The van der Waals surface area contributed by atoms with Gasteiger partial charge in [0, 0.05) is 19.4 Å². The van der Waals surface area contributed by atoms with Crippen LogP contribution in [0.4, 0.5) is 5.69 Å². The second kappa shape index (κ2) is 15.5. The SMILES string of the molecule is [CH2-]N=CN=[C-]c1c(C(=[C-]C(=O)NCC(=O)OC)OCc2ccccc2)cccc1N1CCCCC1.[Li+]. The van der Waals surface area contributed by atoms with E-state index in [4.69, 9.17) is 4.74 Å². The Balaban J connectivity index is 0.00000456. The maximum absolute atomic E-state index is 12.6. The zero-order valence-corrected chi connectivity index (χ0v) is 20.8. The molecule has 1 aliphatic heterocycles. The van der Waals surface area contributed by atoms with E-state index in [9.17, 15) is 9.59 Å². The Morgan fingerprint density at radius 3 is 2.56 bits per heavy atom. The molecule has 0 aliphatic carbocycles. The number of benzene rings is 2. The number of hydrogen-bond acceptors (Lipinski definition) is 6. The van der Waals surface area contributed by atoms with Gasteiger partial charge in [-0.2, -0.15) is 0 Å². The molecular formula is C27H29LiN4O4-2. The van der Waals surface area contributed by atoms with Gasteiger partial charge in [-0.1, -0.05) is 42.5 Å². The van der Waals surface area contributed by atoms with E-state index in [0.717, 1.165) is 37.2 Å². The topological polar surface area (TPSA) is 92.6 Å². The monoisotopic (exact) mass is 480 g/mol. The van der Waals surface area contributed by atoms with E-state index >= 15 is 0 Å². The van der Waals surface area contributed by atoms with Crippen LogP contribution >= 0.6 is 0 Å². The molecule has 1 saturated heterocycles. The first-order valence-corrected chi connectivity index (χ1v) is 11.4. The van der Waals surface area contributed by atoms with Crippen LogP contribution in [0, 0.1) is 13.1 Å². The summed E-state index contributed by atoms with van der Waals surface area (Å²) in [4.78, 5) is 34.1. The number of piperidine rings is 1. The molecule has 1 heterocycles. The summed E-state index contributed by atoms with van der Waals surface area (Å²) < 4.78 is 10.7. The van der Waals surface area contributed by atoms with E-state index in [2.05, 4.69) is 44.3 Å². The van der Waals surface area contributed by atoms with Crippen LogP contribution < -0.4 is 29.1 Å². The first-order chi connectivity index (χ1) is 17.1. The van der Waals surface area contributed by atoms with Gasteiger partial charge >= 0.3 is 24.8 Å². The maximum Gasteiger partial charge on any atom is 1.00 e. The molecule has 9 heteroatoms. The fourth-order valence-electron chi connectivity index (χ4n) is 3.66. The molecule has 0 bridgehead atoms. The summed E-state index contributed by atoms with van der Waals surface area (Å²) in [5, 5.41) is 2.47. The molecule has 36 heavy (non-hydrogen) atoms. The van der Waals surface area contributed by atoms with Crippen molar-refractivity contribution in [2.45, 2.75) is 25.9 Å². The van der Waals surface area contributed by atoms with Crippen molar-refractivity contribution in [1.82, 2.24) is 5.32 Å². The summed E-state index contributed by atoms with van der Waals surface area (Å²) in [6.45, 7) is 1.77. The minimum absolute atomic E-state index is 0. The second-order valence-corrected chi connectivity index (χ2v) is 7.77. The number of ether oxygens (including phenoxy) is 2. The van der Waals surface area contributed by atoms with Crippen LogP contribution in [0.5, 0.6) is 0 Å². The van der Waals surface area contributed by atoms with Crippen molar-refractivity contribution in [1.29, 1.82) is 0 Å². The normalized spacial score (nSPS) is 13.9. The molecular weight excluding hydrogens is 451 g/mol. The van der Waals surface area contributed by atoms with E-state index in [1.165, 1.54) is 19.9 Å². The molecule has 2 aromatic carbocycles. The molecule has 0 atom stereocenters. The summed E-state index contributed by atoms with van der Waals surface area (Å²) in [5.74, 6) is -0.962. The molecule has 3 rings (SSSR count). The Morgan fingerprint density at radius 2 is 1.86 bits per heavy atom. The van der Waals surface area contributed by atoms with Gasteiger partial charge in [-0.15, -0.1) is 30.3 Å². The van der Waals surface area contributed by atoms with Crippen molar-refractivity contribution in [3.05, 3.63) is 78.3 Å². The predicted octanol–water partition coefficient (Wildman–Crippen LogP) is 0.447. The van der Waals surface area contributed by atoms with Crippen molar-refractivity contribution >= 4 is 35.9 Å². The number of carbonyl (C=O) groups is 2. The van der Waals surface area contributed by atoms with Crippen molar-refractivity contribution < 1.29 is 37.9 Å². The third-order valence-electron chi connectivity index (χ3n) is 5.37. The quantitative estimate of drug-likeness (QED) is 0.101. The number of hydrogen-bond donors (Lipinski definition) is 1. The van der Waals surface area contributed by atoms with E-state index in [1.54, 1.807) is 0 Å². The van der Waals surface area contributed by atoms with Crippen LogP contribution in [-0.4, -0.2) is 51.2 Å². The van der Waals surface area contributed by atoms with Gasteiger partial charge in [0.25, 0.3) is 0 Å². The van der Waals surface area contributed by atoms with E-state index < -0.39 is 11.9 Å². The summed E-state index contributed by atoms with van der Waals surface area (Å²) in [7, 11) is 4.68. The smallest absolute Gasteiger partial charge is 0.526 e. The zero-order valence-electron chi connectivity index (χ0n) is 20.8. The largest absolute Gasteiger partial charge is 1.00 e. The van der Waals surface area contributed by atoms with Crippen LogP contribution in [0.25, 0.3) is 5.76 Å². The Hall–Kier alpha value is -3.47. The molecule has 1 aliphatic rings. The number of carbonyl (C=O) groups excluding carboxylic acids is 2. The van der Waals surface area contributed by atoms with Gasteiger partial charge in [-0.05, 0) is 42.5 Å². The molecule has 0 unspecified atom stereocenters. The number of nitrogens with one attached hydrogen (secondary N) is 1. The number of nitrogens with zero attached hydrogens (tertiary/aromatic N) is 3. The Morgan fingerprint density at radius 1 is 1.11 bits per heavy atom. The van der Waals surface area contributed by atoms with Gasteiger partial charge in [0.2, 0.25) is 0 Å². The Kier molecular flexibility index (Phi) is 12.4. The van der Waals surface area contributed by atoms with Crippen molar-refractivity contribution in [3.63, 3.8) is 0 Å². The first kappa shape index (κ1) is 28.8. The van der Waals surface area contributed by atoms with Gasteiger partial charge in [0.1, 0.15) is 13.2 Å². The minimum atomic E-state index is -0.607. The third kappa shape index (κ3) is 8.63. The molecule has 0 radical (unpaired) electrons. The fraction of sp³-hybridized carbons (Fsp3) is 0.296. The Labute approximate surface area is 224 Å². The molecule has 1 fully saturated rings. The number of methoxy groups -OCH3 is 1. The van der Waals surface area contributed by atoms with E-state index in [1.807, 2.05) is 48.5 Å². The van der Waals surface area contributed by atoms with E-state index in [-0.39, 0.29) is 37.8 Å². The molecule has 2 aromatic rings. The van der Waals surface area contributed by atoms with Crippen LogP contribution in [-0.2, 0) is 25.7 Å². The number of aliphatic imine (C=N–C) groups is 2. The van der Waals surface area contributed by atoms with Crippen molar-refractivity contribution in [3.8, 4) is 0 Å². The van der Waals surface area contributed by atoms with Crippen LogP contribution in [0.15, 0.2) is 58.5 Å². The number of anilines is 1. The van der Waals surface area contributed by atoms with Crippen LogP contribution in [0.1, 0.15) is 36.0 Å². The van der Waals surface area contributed by atoms with Crippen molar-refractivity contribution in [2.75, 3.05) is 31.6 Å². The maximum atomic E-state index is 12.6. The average Bonchev–Trinajstić information content (AvgIpc) is 2.91. The van der Waals surface area contributed by atoms with Gasteiger partial charge in [-0.25, -0.2) is 0 Å². The van der Waals surface area contributed by atoms with E-state index in [0.29, 0.717) is 11.1 Å². The summed E-state index contributed by atoms with van der Waals surface area (Å²) >= 11 is 0. The van der Waals surface area contributed by atoms with Gasteiger partial charge in [0.05, 0.1) is 7.11 Å². The predicted molar refractivity (Wildman–Crippen MR) is 136 cm³/mol. The molecule has 8 nitrogen and oxygen atoms in total. The summed E-state index contributed by atoms with van der Waals surface area (Å²) in [5.41, 5.74) is 3.11. The van der Waals surface area contributed by atoms with Gasteiger partial charge < -0.3 is 29.7 Å². The molecule has 184 valence electrons.